The van der Waals surface area contributed by atoms with Crippen LogP contribution < -0.4 is 15.4 Å². The first-order valence-corrected chi connectivity index (χ1v) is 8.86. The Bertz CT molecular complexity index is 819. The van der Waals surface area contributed by atoms with Gasteiger partial charge in [0, 0.05) is 23.5 Å². The number of hydrogen-bond donors (Lipinski definition) is 2. The molecule has 1 heterocycles. The SMILES string of the molecule is COc1ccc(NC(=O)c2cc(C(=O)NC3CCCC3)ccn2)cc1Cl. The summed E-state index contributed by atoms with van der Waals surface area (Å²) < 4.78 is 5.08. The molecule has 26 heavy (non-hydrogen) atoms. The van der Waals surface area contributed by atoms with Crippen LogP contribution in [0.1, 0.15) is 46.5 Å². The van der Waals surface area contributed by atoms with Gasteiger partial charge in [-0.1, -0.05) is 24.4 Å². The van der Waals surface area contributed by atoms with Crippen LogP contribution in [0.15, 0.2) is 36.5 Å². The van der Waals surface area contributed by atoms with Crippen molar-refractivity contribution in [3.05, 3.63) is 52.8 Å². The number of aromatic nitrogens is 1. The number of rotatable bonds is 5. The second kappa shape index (κ2) is 8.19. The van der Waals surface area contributed by atoms with E-state index in [1.54, 1.807) is 24.3 Å². The summed E-state index contributed by atoms with van der Waals surface area (Å²) in [5, 5.41) is 6.11. The largest absolute Gasteiger partial charge is 0.495 e. The van der Waals surface area contributed by atoms with Gasteiger partial charge in [0.05, 0.1) is 12.1 Å². The van der Waals surface area contributed by atoms with Crippen molar-refractivity contribution >= 4 is 29.1 Å². The number of ether oxygens (including phenoxy) is 1. The van der Waals surface area contributed by atoms with E-state index in [4.69, 9.17) is 16.3 Å². The number of anilines is 1. The number of carbonyl (C=O) groups is 2. The number of nitrogens with zero attached hydrogens (tertiary/aromatic N) is 1. The van der Waals surface area contributed by atoms with Crippen LogP contribution in [-0.2, 0) is 0 Å². The third-order valence-corrected chi connectivity index (χ3v) is 4.65. The Hall–Kier alpha value is -2.60. The van der Waals surface area contributed by atoms with Gasteiger partial charge in [-0.2, -0.15) is 0 Å². The fourth-order valence-electron chi connectivity index (χ4n) is 2.97. The standard InChI is InChI=1S/C19H20ClN3O3/c1-26-17-7-6-14(11-15(17)20)23-19(25)16-10-12(8-9-21-16)18(24)22-13-4-2-3-5-13/h6-11,13H,2-5H2,1H3,(H,22,24)(H,23,25). The zero-order chi connectivity index (χ0) is 18.5. The van der Waals surface area contributed by atoms with Gasteiger partial charge in [0.15, 0.2) is 0 Å². The van der Waals surface area contributed by atoms with Gasteiger partial charge < -0.3 is 15.4 Å². The minimum absolute atomic E-state index is 0.163. The van der Waals surface area contributed by atoms with Gasteiger partial charge in [0.2, 0.25) is 0 Å². The average Bonchev–Trinajstić information content (AvgIpc) is 3.15. The predicted octanol–water partition coefficient (Wildman–Crippen LogP) is 3.67. The lowest BCUT2D eigenvalue weighted by Gasteiger charge is -2.12. The summed E-state index contributed by atoms with van der Waals surface area (Å²) >= 11 is 6.06. The van der Waals surface area contributed by atoms with Gasteiger partial charge in [0.1, 0.15) is 11.4 Å². The lowest BCUT2D eigenvalue weighted by Crippen LogP contribution is -2.32. The van der Waals surface area contributed by atoms with Gasteiger partial charge in [-0.25, -0.2) is 0 Å². The van der Waals surface area contributed by atoms with E-state index < -0.39 is 5.91 Å². The summed E-state index contributed by atoms with van der Waals surface area (Å²) in [6.07, 6.45) is 5.74. The maximum atomic E-state index is 12.4. The third kappa shape index (κ3) is 4.32. The Balaban J connectivity index is 1.69. The Labute approximate surface area is 156 Å². The molecule has 6 nitrogen and oxygen atoms in total. The Kier molecular flexibility index (Phi) is 5.73. The first-order chi connectivity index (χ1) is 12.6. The fourth-order valence-corrected chi connectivity index (χ4v) is 3.23. The molecule has 0 atom stereocenters. The molecule has 2 aromatic rings. The lowest BCUT2D eigenvalue weighted by molar-refractivity contribution is 0.0937. The molecule has 0 radical (unpaired) electrons. The molecule has 0 saturated heterocycles. The van der Waals surface area contributed by atoms with E-state index >= 15 is 0 Å². The third-order valence-electron chi connectivity index (χ3n) is 4.35. The van der Waals surface area contributed by atoms with Crippen LogP contribution >= 0.6 is 11.6 Å². The minimum atomic E-state index is -0.415. The molecule has 1 aliphatic rings. The van der Waals surface area contributed by atoms with Crippen molar-refractivity contribution in [2.75, 3.05) is 12.4 Å². The van der Waals surface area contributed by atoms with Crippen LogP contribution in [0.4, 0.5) is 5.69 Å². The van der Waals surface area contributed by atoms with Crippen molar-refractivity contribution in [1.82, 2.24) is 10.3 Å². The summed E-state index contributed by atoms with van der Waals surface area (Å²) in [5.74, 6) is -0.0732. The molecule has 3 rings (SSSR count). The molecule has 0 bridgehead atoms. The Morgan fingerprint density at radius 3 is 2.62 bits per heavy atom. The number of nitrogens with one attached hydrogen (secondary N) is 2. The maximum absolute atomic E-state index is 12.4. The number of amides is 2. The summed E-state index contributed by atoms with van der Waals surface area (Å²) in [6, 6.07) is 8.25. The van der Waals surface area contributed by atoms with Crippen LogP contribution in [0.2, 0.25) is 5.02 Å². The van der Waals surface area contributed by atoms with E-state index in [0.29, 0.717) is 22.0 Å². The number of pyridine rings is 1. The molecular formula is C19H20ClN3O3. The summed E-state index contributed by atoms with van der Waals surface area (Å²) in [6.45, 7) is 0. The predicted molar refractivity (Wildman–Crippen MR) is 99.9 cm³/mol. The molecule has 1 aliphatic carbocycles. The summed E-state index contributed by atoms with van der Waals surface area (Å²) in [4.78, 5) is 28.8. The molecule has 1 aromatic carbocycles. The quantitative estimate of drug-likeness (QED) is 0.838. The zero-order valence-corrected chi connectivity index (χ0v) is 15.2. The van der Waals surface area contributed by atoms with Crippen LogP contribution in [0, 0.1) is 0 Å². The van der Waals surface area contributed by atoms with Crippen molar-refractivity contribution < 1.29 is 14.3 Å². The van der Waals surface area contributed by atoms with Crippen molar-refractivity contribution in [2.45, 2.75) is 31.7 Å². The number of methoxy groups -OCH3 is 1. The molecular weight excluding hydrogens is 354 g/mol. The highest BCUT2D eigenvalue weighted by Crippen LogP contribution is 2.27. The fraction of sp³-hybridized carbons (Fsp3) is 0.316. The van der Waals surface area contributed by atoms with Crippen LogP contribution in [0.5, 0.6) is 5.75 Å². The van der Waals surface area contributed by atoms with Gasteiger partial charge in [-0.05, 0) is 43.2 Å². The first kappa shape index (κ1) is 18.2. The van der Waals surface area contributed by atoms with Crippen molar-refractivity contribution in [3.63, 3.8) is 0 Å². The molecule has 1 aromatic heterocycles. The highest BCUT2D eigenvalue weighted by atomic mass is 35.5. The van der Waals surface area contributed by atoms with Crippen LogP contribution in [0.25, 0.3) is 0 Å². The van der Waals surface area contributed by atoms with Crippen molar-refractivity contribution in [1.29, 1.82) is 0 Å². The highest BCUT2D eigenvalue weighted by Gasteiger charge is 2.19. The van der Waals surface area contributed by atoms with Crippen molar-refractivity contribution in [3.8, 4) is 5.75 Å². The second-order valence-corrected chi connectivity index (χ2v) is 6.60. The molecule has 0 unspecified atom stereocenters. The molecule has 2 N–H and O–H groups in total. The average molecular weight is 374 g/mol. The van der Waals surface area contributed by atoms with Gasteiger partial charge in [0.25, 0.3) is 11.8 Å². The lowest BCUT2D eigenvalue weighted by atomic mass is 10.1. The smallest absolute Gasteiger partial charge is 0.274 e. The Morgan fingerprint density at radius 1 is 1.15 bits per heavy atom. The van der Waals surface area contributed by atoms with Gasteiger partial charge in [-0.3, -0.25) is 14.6 Å². The maximum Gasteiger partial charge on any atom is 0.274 e. The normalized spacial score (nSPS) is 14.1. The van der Waals surface area contributed by atoms with E-state index in [-0.39, 0.29) is 17.6 Å². The zero-order valence-electron chi connectivity index (χ0n) is 14.4. The van der Waals surface area contributed by atoms with Gasteiger partial charge in [-0.15, -0.1) is 0 Å². The van der Waals surface area contributed by atoms with E-state index in [9.17, 15) is 9.59 Å². The number of halogens is 1. The molecule has 0 aliphatic heterocycles. The van der Waals surface area contributed by atoms with E-state index in [2.05, 4.69) is 15.6 Å². The number of hydrogen-bond acceptors (Lipinski definition) is 4. The van der Waals surface area contributed by atoms with E-state index in [1.165, 1.54) is 19.4 Å². The number of carbonyl (C=O) groups excluding carboxylic acids is 2. The summed E-state index contributed by atoms with van der Waals surface area (Å²) in [5.41, 5.74) is 1.10. The monoisotopic (exact) mass is 373 g/mol. The van der Waals surface area contributed by atoms with E-state index in [0.717, 1.165) is 25.7 Å². The molecule has 2 amide bonds. The van der Waals surface area contributed by atoms with Crippen molar-refractivity contribution in [2.24, 2.45) is 0 Å². The minimum Gasteiger partial charge on any atom is -0.495 e. The second-order valence-electron chi connectivity index (χ2n) is 6.19. The van der Waals surface area contributed by atoms with Crippen LogP contribution in [-0.4, -0.2) is 29.9 Å². The molecule has 136 valence electrons. The highest BCUT2D eigenvalue weighted by molar-refractivity contribution is 6.32. The molecule has 1 fully saturated rings. The molecule has 0 spiro atoms. The summed E-state index contributed by atoms with van der Waals surface area (Å²) in [7, 11) is 1.52. The molecule has 1 saturated carbocycles. The molecule has 7 heteroatoms. The first-order valence-electron chi connectivity index (χ1n) is 8.48. The topological polar surface area (TPSA) is 80.3 Å². The van der Waals surface area contributed by atoms with Crippen LogP contribution in [0.3, 0.4) is 0 Å². The van der Waals surface area contributed by atoms with E-state index in [1.807, 2.05) is 0 Å². The number of benzene rings is 1. The Morgan fingerprint density at radius 2 is 1.92 bits per heavy atom. The van der Waals surface area contributed by atoms with Gasteiger partial charge >= 0.3 is 0 Å².